The minimum Gasteiger partial charge on any atom is -0.437 e. The maximum absolute atomic E-state index is 11.0. The zero-order valence-electron chi connectivity index (χ0n) is 9.98. The molecule has 0 bridgehead atoms. The van der Waals surface area contributed by atoms with E-state index in [4.69, 9.17) is 33.7 Å². The molecule has 0 aliphatic carbocycles. The van der Waals surface area contributed by atoms with Crippen LogP contribution >= 0.6 is 23.2 Å². The summed E-state index contributed by atoms with van der Waals surface area (Å²) in [5.41, 5.74) is 6.25. The monoisotopic (exact) mass is 296 g/mol. The van der Waals surface area contributed by atoms with E-state index in [0.29, 0.717) is 10.8 Å². The Bertz CT molecular complexity index is 645. The molecule has 6 heteroatoms. The largest absolute Gasteiger partial charge is 0.437 e. The quantitative estimate of drug-likeness (QED) is 0.941. The van der Waals surface area contributed by atoms with Gasteiger partial charge in [0, 0.05) is 11.2 Å². The third kappa shape index (κ3) is 3.16. The Labute approximate surface area is 120 Å². The molecule has 1 heterocycles. The molecule has 0 saturated heterocycles. The Morgan fingerprint density at radius 3 is 2.68 bits per heavy atom. The second-order valence-electron chi connectivity index (χ2n) is 3.89. The summed E-state index contributed by atoms with van der Waals surface area (Å²) in [5.74, 6) is 0.144. The summed E-state index contributed by atoms with van der Waals surface area (Å²) in [6.45, 7) is 1.87. The number of nitrogens with two attached hydrogens (primary N) is 1. The zero-order chi connectivity index (χ0) is 14.0. The normalized spacial score (nSPS) is 10.3. The molecule has 19 heavy (non-hydrogen) atoms. The summed E-state index contributed by atoms with van der Waals surface area (Å²) >= 11 is 11.9. The highest BCUT2D eigenvalue weighted by atomic mass is 35.5. The van der Waals surface area contributed by atoms with Gasteiger partial charge in [0.2, 0.25) is 11.8 Å². The van der Waals surface area contributed by atoms with Gasteiger partial charge in [-0.2, -0.15) is 0 Å². The SMILES string of the molecule is Cc1ccc(Cl)cc1Oc1ncc(C(N)=O)cc1Cl. The lowest BCUT2D eigenvalue weighted by Gasteiger charge is -2.09. The number of halogens is 2. The maximum Gasteiger partial charge on any atom is 0.250 e. The Hall–Kier alpha value is -1.78. The van der Waals surface area contributed by atoms with Crippen molar-refractivity contribution >= 4 is 29.1 Å². The van der Waals surface area contributed by atoms with E-state index in [0.717, 1.165) is 5.56 Å². The van der Waals surface area contributed by atoms with Crippen LogP contribution in [0.4, 0.5) is 0 Å². The van der Waals surface area contributed by atoms with Crippen LogP contribution in [0.3, 0.4) is 0 Å². The molecule has 0 spiro atoms. The number of aryl methyl sites for hydroxylation is 1. The lowest BCUT2D eigenvalue weighted by molar-refractivity contribution is 0.1000. The van der Waals surface area contributed by atoms with Crippen molar-refractivity contribution in [1.29, 1.82) is 0 Å². The van der Waals surface area contributed by atoms with E-state index in [2.05, 4.69) is 4.98 Å². The predicted molar refractivity (Wildman–Crippen MR) is 74.0 cm³/mol. The highest BCUT2D eigenvalue weighted by molar-refractivity contribution is 6.32. The first-order valence-electron chi connectivity index (χ1n) is 5.36. The highest BCUT2D eigenvalue weighted by Crippen LogP contribution is 2.31. The average Bonchev–Trinajstić information content (AvgIpc) is 2.36. The van der Waals surface area contributed by atoms with E-state index >= 15 is 0 Å². The molecule has 1 aromatic carbocycles. The zero-order valence-corrected chi connectivity index (χ0v) is 11.5. The molecule has 0 unspecified atom stereocenters. The van der Waals surface area contributed by atoms with Crippen molar-refractivity contribution in [3.63, 3.8) is 0 Å². The second-order valence-corrected chi connectivity index (χ2v) is 4.73. The van der Waals surface area contributed by atoms with Gasteiger partial charge in [-0.25, -0.2) is 4.98 Å². The summed E-state index contributed by atoms with van der Waals surface area (Å²) < 4.78 is 5.58. The molecule has 0 radical (unpaired) electrons. The van der Waals surface area contributed by atoms with Gasteiger partial charge in [0.1, 0.15) is 10.8 Å². The van der Waals surface area contributed by atoms with Crippen LogP contribution < -0.4 is 10.5 Å². The summed E-state index contributed by atoms with van der Waals surface area (Å²) in [4.78, 5) is 15.0. The first-order chi connectivity index (χ1) is 8.97. The van der Waals surface area contributed by atoms with Crippen LogP contribution in [0.5, 0.6) is 11.6 Å². The molecule has 0 fully saturated rings. The fourth-order valence-electron chi connectivity index (χ4n) is 1.42. The molecule has 1 amide bonds. The van der Waals surface area contributed by atoms with E-state index in [1.165, 1.54) is 12.3 Å². The molecule has 2 N–H and O–H groups in total. The number of carbonyl (C=O) groups is 1. The van der Waals surface area contributed by atoms with Crippen LogP contribution in [0.2, 0.25) is 10.0 Å². The molecule has 2 rings (SSSR count). The van der Waals surface area contributed by atoms with Gasteiger partial charge in [-0.1, -0.05) is 29.3 Å². The summed E-state index contributed by atoms with van der Waals surface area (Å²) in [7, 11) is 0. The molecule has 0 saturated carbocycles. The molecule has 4 nitrogen and oxygen atoms in total. The number of hydrogen-bond donors (Lipinski definition) is 1. The number of primary amides is 1. The van der Waals surface area contributed by atoms with Crippen LogP contribution in [0.1, 0.15) is 15.9 Å². The van der Waals surface area contributed by atoms with E-state index in [1.807, 2.05) is 13.0 Å². The molecule has 2 aromatic rings. The lowest BCUT2D eigenvalue weighted by Crippen LogP contribution is -2.11. The van der Waals surface area contributed by atoms with Crippen molar-refractivity contribution in [1.82, 2.24) is 4.98 Å². The number of benzene rings is 1. The van der Waals surface area contributed by atoms with Crippen molar-refractivity contribution in [2.45, 2.75) is 6.92 Å². The number of aromatic nitrogens is 1. The van der Waals surface area contributed by atoms with Crippen molar-refractivity contribution in [2.24, 2.45) is 5.73 Å². The third-order valence-corrected chi connectivity index (χ3v) is 2.95. The molecule has 0 aliphatic heterocycles. The van der Waals surface area contributed by atoms with Crippen molar-refractivity contribution in [3.8, 4) is 11.6 Å². The number of nitrogens with zero attached hydrogens (tertiary/aromatic N) is 1. The van der Waals surface area contributed by atoms with Crippen molar-refractivity contribution in [2.75, 3.05) is 0 Å². The number of carbonyl (C=O) groups excluding carboxylic acids is 1. The van der Waals surface area contributed by atoms with Crippen molar-refractivity contribution in [3.05, 3.63) is 51.6 Å². The Kier molecular flexibility index (Phi) is 3.93. The summed E-state index contributed by atoms with van der Waals surface area (Å²) in [5, 5.41) is 0.751. The van der Waals surface area contributed by atoms with Gasteiger partial charge >= 0.3 is 0 Å². The van der Waals surface area contributed by atoms with Crippen LogP contribution in [-0.4, -0.2) is 10.9 Å². The molecule has 1 aromatic heterocycles. The van der Waals surface area contributed by atoms with Gasteiger partial charge in [-0.3, -0.25) is 4.79 Å². The minimum atomic E-state index is -0.597. The molecule has 0 aliphatic rings. The Morgan fingerprint density at radius 1 is 1.32 bits per heavy atom. The standard InChI is InChI=1S/C13H10Cl2N2O2/c1-7-2-3-9(14)5-11(7)19-13-10(15)4-8(6-17-13)12(16)18/h2-6H,1H3,(H2,16,18). The average molecular weight is 297 g/mol. The Morgan fingerprint density at radius 2 is 2.05 bits per heavy atom. The highest BCUT2D eigenvalue weighted by Gasteiger charge is 2.10. The van der Waals surface area contributed by atoms with Crippen LogP contribution in [0.25, 0.3) is 0 Å². The van der Waals surface area contributed by atoms with Gasteiger partial charge in [-0.05, 0) is 30.7 Å². The fourth-order valence-corrected chi connectivity index (χ4v) is 1.79. The Balaban J connectivity index is 2.33. The summed E-state index contributed by atoms with van der Waals surface area (Å²) in [6, 6.07) is 6.65. The molecular formula is C13H10Cl2N2O2. The van der Waals surface area contributed by atoms with E-state index in [1.54, 1.807) is 12.1 Å². The van der Waals surface area contributed by atoms with Gasteiger partial charge in [-0.15, -0.1) is 0 Å². The van der Waals surface area contributed by atoms with Crippen LogP contribution in [0, 0.1) is 6.92 Å². The second kappa shape index (κ2) is 5.47. The topological polar surface area (TPSA) is 65.2 Å². The van der Waals surface area contributed by atoms with Crippen LogP contribution in [0.15, 0.2) is 30.5 Å². The maximum atomic E-state index is 11.0. The molecular weight excluding hydrogens is 287 g/mol. The molecule has 98 valence electrons. The fraction of sp³-hybridized carbons (Fsp3) is 0.0769. The van der Waals surface area contributed by atoms with Gasteiger partial charge in [0.05, 0.1) is 5.56 Å². The smallest absolute Gasteiger partial charge is 0.250 e. The predicted octanol–water partition coefficient (Wildman–Crippen LogP) is 3.59. The number of hydrogen-bond acceptors (Lipinski definition) is 3. The number of rotatable bonds is 3. The van der Waals surface area contributed by atoms with E-state index < -0.39 is 5.91 Å². The van der Waals surface area contributed by atoms with Gasteiger partial charge in [0.15, 0.2) is 0 Å². The number of amides is 1. The number of ether oxygens (including phenoxy) is 1. The van der Waals surface area contributed by atoms with Crippen molar-refractivity contribution < 1.29 is 9.53 Å². The lowest BCUT2D eigenvalue weighted by atomic mass is 10.2. The minimum absolute atomic E-state index is 0.192. The molecule has 0 atom stereocenters. The van der Waals surface area contributed by atoms with Gasteiger partial charge in [0.25, 0.3) is 0 Å². The van der Waals surface area contributed by atoms with Gasteiger partial charge < -0.3 is 10.5 Å². The van der Waals surface area contributed by atoms with E-state index in [9.17, 15) is 4.79 Å². The van der Waals surface area contributed by atoms with Crippen LogP contribution in [-0.2, 0) is 0 Å². The van der Waals surface area contributed by atoms with E-state index in [-0.39, 0.29) is 16.5 Å². The summed E-state index contributed by atoms with van der Waals surface area (Å²) in [6.07, 6.45) is 1.31. The first-order valence-corrected chi connectivity index (χ1v) is 6.12. The third-order valence-electron chi connectivity index (χ3n) is 2.45. The number of pyridine rings is 1. The first kappa shape index (κ1) is 13.6.